The third kappa shape index (κ3) is 3.72. The molecule has 3 aromatic rings. The molecule has 0 aliphatic carbocycles. The highest BCUT2D eigenvalue weighted by Gasteiger charge is 2.30. The third-order valence-electron chi connectivity index (χ3n) is 3.93. The van der Waals surface area contributed by atoms with E-state index in [0.717, 1.165) is 17.5 Å². The Labute approximate surface area is 147 Å². The Bertz CT molecular complexity index is 914. The fourth-order valence-electron chi connectivity index (χ4n) is 2.64. The summed E-state index contributed by atoms with van der Waals surface area (Å²) < 4.78 is 48.5. The number of ether oxygens (including phenoxy) is 1. The molecule has 0 spiro atoms. The Hall–Kier alpha value is -2.80. The van der Waals surface area contributed by atoms with Crippen molar-refractivity contribution in [3.8, 4) is 0 Å². The van der Waals surface area contributed by atoms with Crippen LogP contribution in [0.2, 0.25) is 0 Å². The number of fused-ring (bicyclic) bond motifs is 1. The number of halogens is 3. The zero-order chi connectivity index (χ0) is 18.7. The zero-order valence-electron chi connectivity index (χ0n) is 13.9. The van der Waals surface area contributed by atoms with E-state index in [9.17, 15) is 18.0 Å². The van der Waals surface area contributed by atoms with Crippen LogP contribution in [0.15, 0.2) is 52.9 Å². The van der Waals surface area contributed by atoms with Crippen molar-refractivity contribution < 1.29 is 27.1 Å². The zero-order valence-corrected chi connectivity index (χ0v) is 13.9. The van der Waals surface area contributed by atoms with Gasteiger partial charge in [-0.15, -0.1) is 0 Å². The minimum atomic E-state index is -4.38. The molecule has 0 unspecified atom stereocenters. The lowest BCUT2D eigenvalue weighted by Gasteiger charge is -2.08. The van der Waals surface area contributed by atoms with E-state index in [2.05, 4.69) is 5.32 Å². The SMILES string of the molecule is COCc1c(C(=O)NCc2ccc(C(F)(F)F)cc2)oc2ccccc12. The smallest absolute Gasteiger partial charge is 0.416 e. The average molecular weight is 363 g/mol. The fourth-order valence-corrected chi connectivity index (χ4v) is 2.64. The van der Waals surface area contributed by atoms with Crippen LogP contribution in [0.4, 0.5) is 13.2 Å². The van der Waals surface area contributed by atoms with Crippen molar-refractivity contribution in [2.24, 2.45) is 0 Å². The molecule has 2 aromatic carbocycles. The lowest BCUT2D eigenvalue weighted by atomic mass is 10.1. The maximum atomic E-state index is 12.6. The molecule has 1 N–H and O–H groups in total. The minimum absolute atomic E-state index is 0.0838. The average Bonchev–Trinajstić information content (AvgIpc) is 2.98. The van der Waals surface area contributed by atoms with Gasteiger partial charge in [-0.25, -0.2) is 0 Å². The van der Waals surface area contributed by atoms with Crippen molar-refractivity contribution in [1.82, 2.24) is 5.32 Å². The van der Waals surface area contributed by atoms with E-state index in [1.54, 1.807) is 12.1 Å². The van der Waals surface area contributed by atoms with Gasteiger partial charge in [-0.2, -0.15) is 13.2 Å². The van der Waals surface area contributed by atoms with Gasteiger partial charge in [-0.05, 0) is 23.8 Å². The van der Waals surface area contributed by atoms with Crippen LogP contribution in [0, 0.1) is 0 Å². The van der Waals surface area contributed by atoms with Crippen molar-refractivity contribution in [2.75, 3.05) is 7.11 Å². The van der Waals surface area contributed by atoms with Crippen molar-refractivity contribution in [3.63, 3.8) is 0 Å². The van der Waals surface area contributed by atoms with Crippen molar-refractivity contribution in [2.45, 2.75) is 19.3 Å². The molecule has 4 nitrogen and oxygen atoms in total. The summed E-state index contributed by atoms with van der Waals surface area (Å²) in [5.41, 5.74) is 1.02. The summed E-state index contributed by atoms with van der Waals surface area (Å²) >= 11 is 0. The first-order valence-electron chi connectivity index (χ1n) is 7.84. The highest BCUT2D eigenvalue weighted by atomic mass is 19.4. The summed E-state index contributed by atoms with van der Waals surface area (Å²) in [6, 6.07) is 11.8. The first-order chi connectivity index (χ1) is 12.4. The number of benzene rings is 2. The van der Waals surface area contributed by atoms with Crippen LogP contribution in [0.1, 0.15) is 27.2 Å². The number of methoxy groups -OCH3 is 1. The number of alkyl halides is 3. The maximum absolute atomic E-state index is 12.6. The molecule has 3 rings (SSSR count). The van der Waals surface area contributed by atoms with Crippen molar-refractivity contribution >= 4 is 16.9 Å². The van der Waals surface area contributed by atoms with Gasteiger partial charge in [0.05, 0.1) is 12.2 Å². The third-order valence-corrected chi connectivity index (χ3v) is 3.93. The highest BCUT2D eigenvalue weighted by Crippen LogP contribution is 2.29. The summed E-state index contributed by atoms with van der Waals surface area (Å²) in [7, 11) is 1.52. The molecule has 26 heavy (non-hydrogen) atoms. The van der Waals surface area contributed by atoms with Gasteiger partial charge >= 0.3 is 6.18 Å². The summed E-state index contributed by atoms with van der Waals surface area (Å²) in [5.74, 6) is -0.312. The van der Waals surface area contributed by atoms with Crippen LogP contribution in [0.5, 0.6) is 0 Å². The van der Waals surface area contributed by atoms with Crippen LogP contribution < -0.4 is 5.32 Å². The Morgan fingerprint density at radius 2 is 1.81 bits per heavy atom. The van der Waals surface area contributed by atoms with Gasteiger partial charge in [0.1, 0.15) is 5.58 Å². The number of hydrogen-bond acceptors (Lipinski definition) is 3. The topological polar surface area (TPSA) is 51.5 Å². The fraction of sp³-hybridized carbons (Fsp3) is 0.211. The normalized spacial score (nSPS) is 11.7. The van der Waals surface area contributed by atoms with E-state index < -0.39 is 17.6 Å². The summed E-state index contributed by atoms with van der Waals surface area (Å²) in [6.07, 6.45) is -4.38. The quantitative estimate of drug-likeness (QED) is 0.725. The number of furan rings is 1. The molecule has 0 bridgehead atoms. The standard InChI is InChI=1S/C19H16F3NO3/c1-25-11-15-14-4-2-3-5-16(14)26-17(15)18(24)23-10-12-6-8-13(9-7-12)19(20,21)22/h2-9H,10-11H2,1H3,(H,23,24). The second-order valence-corrected chi connectivity index (χ2v) is 5.72. The van der Waals surface area contributed by atoms with E-state index in [4.69, 9.17) is 9.15 Å². The molecule has 1 amide bonds. The molecule has 0 atom stereocenters. The number of rotatable bonds is 5. The van der Waals surface area contributed by atoms with Crippen molar-refractivity contribution in [1.29, 1.82) is 0 Å². The Kier molecular flexibility index (Phi) is 4.99. The van der Waals surface area contributed by atoms with Gasteiger partial charge in [0.25, 0.3) is 5.91 Å². The van der Waals surface area contributed by atoms with Gasteiger partial charge in [0, 0.05) is 24.6 Å². The summed E-state index contributed by atoms with van der Waals surface area (Å²) in [4.78, 5) is 12.5. The van der Waals surface area contributed by atoms with Crippen LogP contribution in [-0.4, -0.2) is 13.0 Å². The minimum Gasteiger partial charge on any atom is -0.451 e. The number of nitrogens with one attached hydrogen (secondary N) is 1. The van der Waals surface area contributed by atoms with Crippen molar-refractivity contribution in [3.05, 3.63) is 71.0 Å². The molecule has 0 aliphatic heterocycles. The molecule has 7 heteroatoms. The number of para-hydroxylation sites is 1. The van der Waals surface area contributed by atoms with E-state index in [0.29, 0.717) is 16.7 Å². The van der Waals surface area contributed by atoms with Gasteiger partial charge in [0.15, 0.2) is 5.76 Å². The van der Waals surface area contributed by atoms with E-state index in [1.165, 1.54) is 19.2 Å². The predicted octanol–water partition coefficient (Wildman–Crippen LogP) is 4.53. The van der Waals surface area contributed by atoms with E-state index >= 15 is 0 Å². The molecule has 1 aromatic heterocycles. The van der Waals surface area contributed by atoms with Gasteiger partial charge in [-0.3, -0.25) is 4.79 Å². The first kappa shape index (κ1) is 18.0. The van der Waals surface area contributed by atoms with Crippen LogP contribution in [-0.2, 0) is 24.1 Å². The Morgan fingerprint density at radius 3 is 2.46 bits per heavy atom. The number of carbonyl (C=O) groups is 1. The van der Waals surface area contributed by atoms with Gasteiger partial charge < -0.3 is 14.5 Å². The number of hydrogen-bond donors (Lipinski definition) is 1. The molecule has 0 aliphatic rings. The molecule has 0 radical (unpaired) electrons. The predicted molar refractivity (Wildman–Crippen MR) is 89.5 cm³/mol. The molecule has 0 saturated heterocycles. The van der Waals surface area contributed by atoms with Gasteiger partial charge in [-0.1, -0.05) is 30.3 Å². The van der Waals surface area contributed by atoms with E-state index in [1.807, 2.05) is 12.1 Å². The lowest BCUT2D eigenvalue weighted by molar-refractivity contribution is -0.137. The largest absolute Gasteiger partial charge is 0.451 e. The van der Waals surface area contributed by atoms with E-state index in [-0.39, 0.29) is 18.9 Å². The monoisotopic (exact) mass is 363 g/mol. The first-order valence-corrected chi connectivity index (χ1v) is 7.84. The molecule has 0 fully saturated rings. The summed E-state index contributed by atoms with van der Waals surface area (Å²) in [5, 5.41) is 3.45. The summed E-state index contributed by atoms with van der Waals surface area (Å²) in [6.45, 7) is 0.292. The highest BCUT2D eigenvalue weighted by molar-refractivity contribution is 5.99. The number of carbonyl (C=O) groups excluding carboxylic acids is 1. The second kappa shape index (κ2) is 7.21. The Morgan fingerprint density at radius 1 is 1.12 bits per heavy atom. The van der Waals surface area contributed by atoms with Crippen LogP contribution >= 0.6 is 0 Å². The lowest BCUT2D eigenvalue weighted by Crippen LogP contribution is -2.23. The molecule has 136 valence electrons. The van der Waals surface area contributed by atoms with Gasteiger partial charge in [0.2, 0.25) is 0 Å². The molecular weight excluding hydrogens is 347 g/mol. The second-order valence-electron chi connectivity index (χ2n) is 5.72. The Balaban J connectivity index is 1.76. The molecular formula is C19H16F3NO3. The molecule has 1 heterocycles. The molecule has 0 saturated carbocycles. The number of amides is 1. The maximum Gasteiger partial charge on any atom is 0.416 e. The van der Waals surface area contributed by atoms with Crippen LogP contribution in [0.25, 0.3) is 11.0 Å². The van der Waals surface area contributed by atoms with Crippen LogP contribution in [0.3, 0.4) is 0 Å².